The number of anilines is 1. The van der Waals surface area contributed by atoms with Gasteiger partial charge in [-0.15, -0.1) is 0 Å². The molecule has 1 aliphatic carbocycles. The smallest absolute Gasteiger partial charge is 0.212 e. The number of aliphatic imine (C=N–C) groups is 1. The molecule has 0 amide bonds. The van der Waals surface area contributed by atoms with Crippen molar-refractivity contribution in [2.45, 2.75) is 19.3 Å². The molecular formula is C10H11N4O-. The minimum atomic E-state index is 0.149. The number of fused-ring (bicyclic) bond motifs is 2. The van der Waals surface area contributed by atoms with E-state index in [9.17, 15) is 5.21 Å². The van der Waals surface area contributed by atoms with Gasteiger partial charge in [-0.1, -0.05) is 0 Å². The maximum atomic E-state index is 11.5. The Bertz CT molecular complexity index is 455. The molecule has 1 heterocycles. The summed E-state index contributed by atoms with van der Waals surface area (Å²) in [6.07, 6.45) is 3.28. The van der Waals surface area contributed by atoms with E-state index in [1.165, 1.54) is 11.1 Å². The van der Waals surface area contributed by atoms with Gasteiger partial charge in [-0.2, -0.15) is 0 Å². The molecular weight excluding hydrogens is 192 g/mol. The van der Waals surface area contributed by atoms with Crippen molar-refractivity contribution in [3.05, 3.63) is 28.5 Å². The summed E-state index contributed by atoms with van der Waals surface area (Å²) in [6.45, 7) is 0. The Morgan fingerprint density at radius 1 is 1.33 bits per heavy atom. The molecule has 5 nitrogen and oxygen atoms in total. The molecule has 3 rings (SSSR count). The molecule has 0 spiro atoms. The number of hydrogen-bond acceptors (Lipinski definition) is 5. The van der Waals surface area contributed by atoms with Crippen molar-refractivity contribution in [2.75, 3.05) is 5.17 Å². The zero-order valence-corrected chi connectivity index (χ0v) is 8.16. The summed E-state index contributed by atoms with van der Waals surface area (Å²) >= 11 is 0. The number of aryl methyl sites for hydroxylation is 2. The number of nitrogens with two attached hydrogens (primary N) is 1. The Morgan fingerprint density at radius 2 is 2.07 bits per heavy atom. The minimum absolute atomic E-state index is 0.149. The number of hydrazine groups is 1. The fourth-order valence-electron chi connectivity index (χ4n) is 2.17. The lowest BCUT2D eigenvalue weighted by molar-refractivity contribution is 0.896. The second-order valence-corrected chi connectivity index (χ2v) is 3.87. The van der Waals surface area contributed by atoms with Crippen LogP contribution in [-0.2, 0) is 12.8 Å². The highest BCUT2D eigenvalue weighted by molar-refractivity contribution is 5.89. The van der Waals surface area contributed by atoms with Gasteiger partial charge < -0.3 is 16.1 Å². The van der Waals surface area contributed by atoms with E-state index >= 15 is 0 Å². The first-order chi connectivity index (χ1) is 7.24. The van der Waals surface area contributed by atoms with E-state index in [2.05, 4.69) is 10.4 Å². The van der Waals surface area contributed by atoms with Crippen molar-refractivity contribution in [1.29, 1.82) is 0 Å². The topological polar surface area (TPSA) is 76.7 Å². The third-order valence-corrected chi connectivity index (χ3v) is 2.86. The number of benzene rings is 1. The van der Waals surface area contributed by atoms with Gasteiger partial charge in [0.1, 0.15) is 0 Å². The van der Waals surface area contributed by atoms with Gasteiger partial charge >= 0.3 is 0 Å². The number of guanidine groups is 1. The Kier molecular flexibility index (Phi) is 1.63. The van der Waals surface area contributed by atoms with Crippen LogP contribution in [0, 0.1) is 5.21 Å². The highest BCUT2D eigenvalue weighted by atomic mass is 16.5. The normalized spacial score (nSPS) is 17.9. The van der Waals surface area contributed by atoms with Crippen LogP contribution >= 0.6 is 0 Å². The maximum Gasteiger partial charge on any atom is 0.212 e. The maximum absolute atomic E-state index is 11.5. The van der Waals surface area contributed by atoms with Crippen LogP contribution in [-0.4, -0.2) is 5.96 Å². The van der Waals surface area contributed by atoms with Crippen LogP contribution in [0.2, 0.25) is 0 Å². The van der Waals surface area contributed by atoms with Crippen molar-refractivity contribution in [1.82, 2.24) is 5.43 Å². The van der Waals surface area contributed by atoms with Crippen LogP contribution in [0.15, 0.2) is 17.1 Å². The lowest BCUT2D eigenvalue weighted by Gasteiger charge is -2.35. The predicted molar refractivity (Wildman–Crippen MR) is 58.7 cm³/mol. The largest absolute Gasteiger partial charge is 0.739 e. The SMILES string of the molecule is NC1=Nc2cc3c(cc2N([O-])N1)CCC3. The minimum Gasteiger partial charge on any atom is -0.739 e. The lowest BCUT2D eigenvalue weighted by atomic mass is 10.1. The third kappa shape index (κ3) is 1.24. The lowest BCUT2D eigenvalue weighted by Crippen LogP contribution is -2.44. The van der Waals surface area contributed by atoms with Gasteiger partial charge in [-0.25, -0.2) is 4.99 Å². The second-order valence-electron chi connectivity index (χ2n) is 3.87. The first-order valence-electron chi connectivity index (χ1n) is 4.98. The third-order valence-electron chi connectivity index (χ3n) is 2.86. The summed E-state index contributed by atoms with van der Waals surface area (Å²) < 4.78 is 0. The van der Waals surface area contributed by atoms with Gasteiger partial charge in [0.05, 0.1) is 11.4 Å². The quantitative estimate of drug-likeness (QED) is 0.658. The number of hydrogen-bond donors (Lipinski definition) is 2. The van der Waals surface area contributed by atoms with E-state index in [0.29, 0.717) is 16.5 Å². The first-order valence-corrected chi connectivity index (χ1v) is 4.98. The van der Waals surface area contributed by atoms with Crippen LogP contribution in [0.25, 0.3) is 0 Å². The Labute approximate surface area is 87.1 Å². The summed E-state index contributed by atoms with van der Waals surface area (Å²) in [6, 6.07) is 3.88. The molecule has 0 atom stereocenters. The molecule has 78 valence electrons. The molecule has 0 unspecified atom stereocenters. The van der Waals surface area contributed by atoms with E-state index in [0.717, 1.165) is 19.3 Å². The van der Waals surface area contributed by atoms with Crippen molar-refractivity contribution >= 4 is 17.3 Å². The molecule has 3 N–H and O–H groups in total. The van der Waals surface area contributed by atoms with E-state index in [-0.39, 0.29) is 5.96 Å². The average Bonchev–Trinajstić information content (AvgIpc) is 2.61. The predicted octanol–water partition coefficient (Wildman–Crippen LogP) is 0.944. The molecule has 0 aromatic heterocycles. The highest BCUT2D eigenvalue weighted by Gasteiger charge is 2.17. The fraction of sp³-hybridized carbons (Fsp3) is 0.300. The highest BCUT2D eigenvalue weighted by Crippen LogP contribution is 2.36. The molecule has 0 radical (unpaired) electrons. The molecule has 0 saturated carbocycles. The number of nitrogens with one attached hydrogen (secondary N) is 1. The Hall–Kier alpha value is -1.75. The average molecular weight is 203 g/mol. The monoisotopic (exact) mass is 203 g/mol. The standard InChI is InChI=1S/C10H11N4O/c11-10-12-8-4-6-2-1-3-7(6)5-9(8)14(15)13-10/h4-5H,1-3H2,(H3,11,12,13)/q-1. The Morgan fingerprint density at radius 3 is 2.87 bits per heavy atom. The molecule has 0 fully saturated rings. The van der Waals surface area contributed by atoms with Gasteiger partial charge in [0.15, 0.2) is 0 Å². The Balaban J connectivity index is 2.18. The molecule has 1 aliphatic heterocycles. The second kappa shape index (κ2) is 2.87. The molecule has 2 aliphatic rings. The number of rotatable bonds is 0. The van der Waals surface area contributed by atoms with Crippen LogP contribution in [0.3, 0.4) is 0 Å². The van der Waals surface area contributed by atoms with E-state index in [1.54, 1.807) is 0 Å². The summed E-state index contributed by atoms with van der Waals surface area (Å²) in [5.74, 6) is 0.149. The molecule has 15 heavy (non-hydrogen) atoms. The van der Waals surface area contributed by atoms with E-state index < -0.39 is 0 Å². The molecule has 0 bridgehead atoms. The van der Waals surface area contributed by atoms with Gasteiger partial charge in [0.25, 0.3) is 0 Å². The summed E-state index contributed by atoms with van der Waals surface area (Å²) in [5.41, 5.74) is 11.7. The van der Waals surface area contributed by atoms with Gasteiger partial charge in [-0.3, -0.25) is 5.43 Å². The summed E-state index contributed by atoms with van der Waals surface area (Å²) in [7, 11) is 0. The van der Waals surface area contributed by atoms with Crippen molar-refractivity contribution < 1.29 is 0 Å². The zero-order valence-electron chi connectivity index (χ0n) is 8.16. The van der Waals surface area contributed by atoms with Gasteiger partial charge in [0, 0.05) is 0 Å². The van der Waals surface area contributed by atoms with Crippen LogP contribution in [0.1, 0.15) is 17.5 Å². The van der Waals surface area contributed by atoms with Crippen molar-refractivity contribution in [3.8, 4) is 0 Å². The van der Waals surface area contributed by atoms with E-state index in [4.69, 9.17) is 5.73 Å². The molecule has 0 saturated heterocycles. The summed E-state index contributed by atoms with van der Waals surface area (Å²) in [5, 5.41) is 12.2. The van der Waals surface area contributed by atoms with Crippen LogP contribution < -0.4 is 16.3 Å². The molecule has 1 aromatic carbocycles. The summed E-state index contributed by atoms with van der Waals surface area (Å²) in [4.78, 5) is 4.12. The van der Waals surface area contributed by atoms with Crippen LogP contribution in [0.4, 0.5) is 11.4 Å². The van der Waals surface area contributed by atoms with Crippen molar-refractivity contribution in [2.24, 2.45) is 10.7 Å². The number of nitrogens with zero attached hydrogens (tertiary/aromatic N) is 2. The van der Waals surface area contributed by atoms with Gasteiger partial charge in [0.2, 0.25) is 5.96 Å². The first kappa shape index (κ1) is 8.55. The van der Waals surface area contributed by atoms with Gasteiger partial charge in [-0.05, 0) is 42.5 Å². The molecule has 1 aromatic rings. The van der Waals surface area contributed by atoms with Crippen LogP contribution in [0.5, 0.6) is 0 Å². The van der Waals surface area contributed by atoms with Crippen molar-refractivity contribution in [3.63, 3.8) is 0 Å². The molecule has 5 heteroatoms. The zero-order chi connectivity index (χ0) is 10.4. The van der Waals surface area contributed by atoms with E-state index in [1.807, 2.05) is 12.1 Å². The fourth-order valence-corrected chi connectivity index (χ4v) is 2.17.